The number of carbonyl (C=O) groups excluding carboxylic acids is 2. The molecule has 1 heterocycles. The lowest BCUT2D eigenvalue weighted by molar-refractivity contribution is -0.122. The highest BCUT2D eigenvalue weighted by molar-refractivity contribution is 6.13. The Kier molecular flexibility index (Phi) is 4.80. The smallest absolute Gasteiger partial charge is 0.245 e. The highest BCUT2D eigenvalue weighted by Gasteiger charge is 2.31. The molecule has 128 valence electrons. The SMILES string of the molecule is Cc1ccc2cc(C(=O)[C@H](C#N)C(=O)NC3CCCC3)c(C)nc2c1. The van der Waals surface area contributed by atoms with Crippen LogP contribution < -0.4 is 5.32 Å². The molecule has 0 spiro atoms. The minimum absolute atomic E-state index is 0.0787. The molecule has 1 saturated carbocycles. The summed E-state index contributed by atoms with van der Waals surface area (Å²) >= 11 is 0. The molecule has 0 radical (unpaired) electrons. The first kappa shape index (κ1) is 17.1. The summed E-state index contributed by atoms with van der Waals surface area (Å²) in [6.07, 6.45) is 3.97. The Hall–Kier alpha value is -2.74. The molecule has 1 atom stereocenters. The van der Waals surface area contributed by atoms with Crippen molar-refractivity contribution < 1.29 is 9.59 Å². The standard InChI is InChI=1S/C20H21N3O2/c1-12-7-8-14-10-16(13(2)22-18(14)9-12)19(24)17(11-21)20(25)23-15-5-3-4-6-15/h7-10,15,17H,3-6H2,1-2H3,(H,23,25)/t17-/m0/s1. The van der Waals surface area contributed by atoms with Gasteiger partial charge in [-0.1, -0.05) is 25.0 Å². The Labute approximate surface area is 147 Å². The van der Waals surface area contributed by atoms with Gasteiger partial charge in [0.2, 0.25) is 5.91 Å². The second kappa shape index (κ2) is 7.02. The van der Waals surface area contributed by atoms with Crippen LogP contribution in [0.5, 0.6) is 0 Å². The van der Waals surface area contributed by atoms with E-state index in [0.29, 0.717) is 11.3 Å². The van der Waals surface area contributed by atoms with Gasteiger partial charge in [0.15, 0.2) is 11.7 Å². The third kappa shape index (κ3) is 3.53. The van der Waals surface area contributed by atoms with Crippen molar-refractivity contribution >= 4 is 22.6 Å². The zero-order valence-corrected chi connectivity index (χ0v) is 14.5. The van der Waals surface area contributed by atoms with Crippen molar-refractivity contribution in [3.63, 3.8) is 0 Å². The molecule has 1 aromatic heterocycles. The van der Waals surface area contributed by atoms with Crippen molar-refractivity contribution in [1.82, 2.24) is 10.3 Å². The Morgan fingerprint density at radius 1 is 1.24 bits per heavy atom. The number of nitriles is 1. The first-order valence-electron chi connectivity index (χ1n) is 8.62. The summed E-state index contributed by atoms with van der Waals surface area (Å²) in [7, 11) is 0. The molecule has 0 saturated heterocycles. The maximum Gasteiger partial charge on any atom is 0.245 e. The Morgan fingerprint density at radius 3 is 2.64 bits per heavy atom. The van der Waals surface area contributed by atoms with E-state index in [0.717, 1.165) is 42.1 Å². The van der Waals surface area contributed by atoms with Gasteiger partial charge in [-0.15, -0.1) is 0 Å². The molecule has 1 aliphatic rings. The van der Waals surface area contributed by atoms with Crippen molar-refractivity contribution in [3.8, 4) is 6.07 Å². The molecule has 1 aliphatic carbocycles. The van der Waals surface area contributed by atoms with E-state index in [1.807, 2.05) is 31.2 Å². The Morgan fingerprint density at radius 2 is 1.96 bits per heavy atom. The van der Waals surface area contributed by atoms with Gasteiger partial charge in [0, 0.05) is 22.7 Å². The number of pyridine rings is 1. The number of carbonyl (C=O) groups is 2. The highest BCUT2D eigenvalue weighted by Crippen LogP contribution is 2.22. The largest absolute Gasteiger partial charge is 0.352 e. The topological polar surface area (TPSA) is 82.8 Å². The summed E-state index contributed by atoms with van der Waals surface area (Å²) in [4.78, 5) is 29.7. The molecule has 1 amide bonds. The number of hydrogen-bond donors (Lipinski definition) is 1. The minimum Gasteiger partial charge on any atom is -0.352 e. The number of aromatic nitrogens is 1. The lowest BCUT2D eigenvalue weighted by Crippen LogP contribution is -2.40. The van der Waals surface area contributed by atoms with E-state index in [9.17, 15) is 14.9 Å². The van der Waals surface area contributed by atoms with Crippen LogP contribution in [0.1, 0.15) is 47.3 Å². The molecule has 1 aromatic carbocycles. The summed E-state index contributed by atoms with van der Waals surface area (Å²) in [6.45, 7) is 3.72. The van der Waals surface area contributed by atoms with Gasteiger partial charge in [-0.25, -0.2) is 0 Å². The number of benzene rings is 1. The molecule has 0 aliphatic heterocycles. The van der Waals surface area contributed by atoms with E-state index in [1.165, 1.54) is 0 Å². The number of rotatable bonds is 4. The van der Waals surface area contributed by atoms with E-state index >= 15 is 0 Å². The van der Waals surface area contributed by atoms with Gasteiger partial charge in [-0.2, -0.15) is 5.26 Å². The normalized spacial score (nSPS) is 15.7. The van der Waals surface area contributed by atoms with Crippen molar-refractivity contribution in [2.24, 2.45) is 5.92 Å². The minimum atomic E-state index is -1.33. The average Bonchev–Trinajstić information content (AvgIpc) is 3.07. The van der Waals surface area contributed by atoms with Gasteiger partial charge in [-0.3, -0.25) is 14.6 Å². The van der Waals surface area contributed by atoms with Crippen LogP contribution in [0.15, 0.2) is 24.3 Å². The van der Waals surface area contributed by atoms with Gasteiger partial charge in [0.1, 0.15) is 0 Å². The number of amides is 1. The van der Waals surface area contributed by atoms with E-state index in [4.69, 9.17) is 0 Å². The number of nitrogens with one attached hydrogen (secondary N) is 1. The maximum atomic E-state index is 12.8. The van der Waals surface area contributed by atoms with Crippen LogP contribution in [-0.4, -0.2) is 22.7 Å². The number of hydrogen-bond acceptors (Lipinski definition) is 4. The van der Waals surface area contributed by atoms with Crippen molar-refractivity contribution in [3.05, 3.63) is 41.1 Å². The molecule has 0 bridgehead atoms. The van der Waals surface area contributed by atoms with Gasteiger partial charge < -0.3 is 5.32 Å². The number of fused-ring (bicyclic) bond motifs is 1. The summed E-state index contributed by atoms with van der Waals surface area (Å²) in [5.74, 6) is -2.31. The number of nitrogens with zero attached hydrogens (tertiary/aromatic N) is 2. The third-order valence-electron chi connectivity index (χ3n) is 4.78. The maximum absolute atomic E-state index is 12.8. The zero-order valence-electron chi connectivity index (χ0n) is 14.5. The summed E-state index contributed by atoms with van der Waals surface area (Å²) in [5, 5.41) is 13.1. The van der Waals surface area contributed by atoms with Crippen LogP contribution >= 0.6 is 0 Å². The molecule has 1 fully saturated rings. The Bertz CT molecular complexity index is 876. The first-order chi connectivity index (χ1) is 12.0. The van der Waals surface area contributed by atoms with Gasteiger partial charge >= 0.3 is 0 Å². The van der Waals surface area contributed by atoms with Crippen LogP contribution in [0, 0.1) is 31.1 Å². The highest BCUT2D eigenvalue weighted by atomic mass is 16.2. The second-order valence-electron chi connectivity index (χ2n) is 6.73. The fourth-order valence-corrected chi connectivity index (χ4v) is 3.37. The molecule has 1 N–H and O–H groups in total. The second-order valence-corrected chi connectivity index (χ2v) is 6.73. The predicted octanol–water partition coefficient (Wildman–Crippen LogP) is 3.23. The van der Waals surface area contributed by atoms with Gasteiger partial charge in [-0.05, 0) is 44.4 Å². The molecule has 25 heavy (non-hydrogen) atoms. The third-order valence-corrected chi connectivity index (χ3v) is 4.78. The quantitative estimate of drug-likeness (QED) is 0.687. The van der Waals surface area contributed by atoms with Crippen LogP contribution in [0.3, 0.4) is 0 Å². The van der Waals surface area contributed by atoms with E-state index < -0.39 is 17.6 Å². The van der Waals surface area contributed by atoms with Crippen LogP contribution in [-0.2, 0) is 4.79 Å². The fraction of sp³-hybridized carbons (Fsp3) is 0.400. The van der Waals surface area contributed by atoms with E-state index in [2.05, 4.69) is 10.3 Å². The molecular weight excluding hydrogens is 314 g/mol. The van der Waals surface area contributed by atoms with Crippen LogP contribution in [0.25, 0.3) is 10.9 Å². The molecule has 0 unspecified atom stereocenters. The van der Waals surface area contributed by atoms with Crippen molar-refractivity contribution in [2.45, 2.75) is 45.6 Å². The van der Waals surface area contributed by atoms with Crippen molar-refractivity contribution in [1.29, 1.82) is 5.26 Å². The lowest BCUT2D eigenvalue weighted by atomic mass is 9.95. The summed E-state index contributed by atoms with van der Waals surface area (Å²) in [5.41, 5.74) is 2.77. The summed E-state index contributed by atoms with van der Waals surface area (Å²) in [6, 6.07) is 9.47. The molecule has 5 heteroatoms. The number of aryl methyl sites for hydroxylation is 2. The zero-order chi connectivity index (χ0) is 18.0. The lowest BCUT2D eigenvalue weighted by Gasteiger charge is -2.15. The monoisotopic (exact) mass is 335 g/mol. The van der Waals surface area contributed by atoms with Crippen LogP contribution in [0.2, 0.25) is 0 Å². The number of Topliss-reactive ketones (excluding diaryl/α,β-unsaturated/α-hetero) is 1. The molecule has 3 rings (SSSR count). The molecule has 2 aromatic rings. The summed E-state index contributed by atoms with van der Waals surface area (Å²) < 4.78 is 0. The molecule has 5 nitrogen and oxygen atoms in total. The first-order valence-corrected chi connectivity index (χ1v) is 8.62. The Balaban J connectivity index is 1.88. The van der Waals surface area contributed by atoms with E-state index in [1.54, 1.807) is 13.0 Å². The van der Waals surface area contributed by atoms with Gasteiger partial charge in [0.25, 0.3) is 0 Å². The number of ketones is 1. The average molecular weight is 335 g/mol. The van der Waals surface area contributed by atoms with Crippen LogP contribution in [0.4, 0.5) is 0 Å². The van der Waals surface area contributed by atoms with Gasteiger partial charge in [0.05, 0.1) is 11.6 Å². The predicted molar refractivity (Wildman–Crippen MR) is 95.0 cm³/mol. The fourth-order valence-electron chi connectivity index (χ4n) is 3.37. The van der Waals surface area contributed by atoms with Crippen molar-refractivity contribution in [2.75, 3.05) is 0 Å². The van der Waals surface area contributed by atoms with E-state index in [-0.39, 0.29) is 6.04 Å². The molecular formula is C20H21N3O2.